The van der Waals surface area contributed by atoms with Crippen molar-refractivity contribution >= 4 is 16.9 Å². The minimum absolute atomic E-state index is 0.205. The summed E-state index contributed by atoms with van der Waals surface area (Å²) in [4.78, 5) is 10.6. The standard InChI is InChI=1S/C13H13NO2/c1-9(14-13(15)16)11-8-4-6-10-5-2-3-7-12(10)11/h2-9,14H,1H3,(H,15,16)/t9-/m0/s1. The normalized spacial score (nSPS) is 12.3. The maximum absolute atomic E-state index is 10.6. The second-order valence-corrected chi connectivity index (χ2v) is 3.74. The van der Waals surface area contributed by atoms with E-state index in [0.717, 1.165) is 16.3 Å². The molecule has 0 aliphatic rings. The number of benzene rings is 2. The third kappa shape index (κ3) is 1.98. The molecule has 82 valence electrons. The van der Waals surface area contributed by atoms with E-state index in [-0.39, 0.29) is 6.04 Å². The van der Waals surface area contributed by atoms with Gasteiger partial charge in [0.05, 0.1) is 6.04 Å². The van der Waals surface area contributed by atoms with Crippen LogP contribution in [0.15, 0.2) is 42.5 Å². The predicted octanol–water partition coefficient (Wildman–Crippen LogP) is 3.17. The molecule has 0 aliphatic carbocycles. The highest BCUT2D eigenvalue weighted by molar-refractivity contribution is 5.86. The molecular formula is C13H13NO2. The Balaban J connectivity index is 2.47. The van der Waals surface area contributed by atoms with Crippen molar-refractivity contribution in [2.45, 2.75) is 13.0 Å². The number of amides is 1. The number of carbonyl (C=O) groups is 1. The minimum atomic E-state index is -1.000. The highest BCUT2D eigenvalue weighted by Gasteiger charge is 2.10. The molecule has 2 aromatic carbocycles. The average molecular weight is 215 g/mol. The van der Waals surface area contributed by atoms with E-state index in [1.807, 2.05) is 49.4 Å². The Labute approximate surface area is 93.7 Å². The molecule has 2 N–H and O–H groups in total. The van der Waals surface area contributed by atoms with Crippen LogP contribution in [0.5, 0.6) is 0 Å². The molecule has 16 heavy (non-hydrogen) atoms. The first kappa shape index (κ1) is 10.5. The van der Waals surface area contributed by atoms with Gasteiger partial charge in [-0.15, -0.1) is 0 Å². The summed E-state index contributed by atoms with van der Waals surface area (Å²) in [5, 5.41) is 13.4. The zero-order valence-electron chi connectivity index (χ0n) is 8.97. The van der Waals surface area contributed by atoms with Crippen LogP contribution < -0.4 is 5.32 Å². The smallest absolute Gasteiger partial charge is 0.405 e. The lowest BCUT2D eigenvalue weighted by molar-refractivity contribution is 0.191. The lowest BCUT2D eigenvalue weighted by Crippen LogP contribution is -2.24. The Kier molecular flexibility index (Phi) is 2.77. The van der Waals surface area contributed by atoms with Crippen molar-refractivity contribution < 1.29 is 9.90 Å². The fourth-order valence-corrected chi connectivity index (χ4v) is 1.89. The molecule has 3 nitrogen and oxygen atoms in total. The van der Waals surface area contributed by atoms with Crippen molar-refractivity contribution in [1.82, 2.24) is 5.32 Å². The van der Waals surface area contributed by atoms with E-state index in [1.54, 1.807) is 0 Å². The van der Waals surface area contributed by atoms with Crippen molar-refractivity contribution in [2.24, 2.45) is 0 Å². The van der Waals surface area contributed by atoms with Crippen molar-refractivity contribution in [1.29, 1.82) is 0 Å². The Morgan fingerprint density at radius 3 is 2.62 bits per heavy atom. The first-order chi connectivity index (χ1) is 7.68. The molecular weight excluding hydrogens is 202 g/mol. The van der Waals surface area contributed by atoms with Gasteiger partial charge in [-0.05, 0) is 23.3 Å². The molecule has 0 bridgehead atoms. The number of hydrogen-bond acceptors (Lipinski definition) is 1. The lowest BCUT2D eigenvalue weighted by Gasteiger charge is -2.14. The zero-order chi connectivity index (χ0) is 11.5. The molecule has 2 rings (SSSR count). The quantitative estimate of drug-likeness (QED) is 0.808. The molecule has 0 aromatic heterocycles. The van der Waals surface area contributed by atoms with Crippen LogP contribution in [0.3, 0.4) is 0 Å². The Morgan fingerprint density at radius 1 is 1.19 bits per heavy atom. The van der Waals surface area contributed by atoms with Gasteiger partial charge in [0.15, 0.2) is 0 Å². The van der Waals surface area contributed by atoms with Crippen LogP contribution in [0.25, 0.3) is 10.8 Å². The minimum Gasteiger partial charge on any atom is -0.465 e. The SMILES string of the molecule is C[C@H](NC(=O)O)c1cccc2ccccc12. The van der Waals surface area contributed by atoms with Crippen LogP contribution in [0.2, 0.25) is 0 Å². The molecule has 1 amide bonds. The zero-order valence-corrected chi connectivity index (χ0v) is 8.97. The molecule has 0 spiro atoms. The van der Waals surface area contributed by atoms with Gasteiger partial charge in [-0.3, -0.25) is 0 Å². The Bertz CT molecular complexity index is 517. The van der Waals surface area contributed by atoms with E-state index in [0.29, 0.717) is 0 Å². The van der Waals surface area contributed by atoms with E-state index < -0.39 is 6.09 Å². The maximum Gasteiger partial charge on any atom is 0.405 e. The average Bonchev–Trinajstić information content (AvgIpc) is 2.27. The lowest BCUT2D eigenvalue weighted by atomic mass is 10.00. The van der Waals surface area contributed by atoms with Crippen LogP contribution in [0, 0.1) is 0 Å². The third-order valence-corrected chi connectivity index (χ3v) is 2.63. The molecule has 0 radical (unpaired) electrons. The number of carboxylic acid groups (broad SMARTS) is 1. The summed E-state index contributed by atoms with van der Waals surface area (Å²) >= 11 is 0. The van der Waals surface area contributed by atoms with Gasteiger partial charge in [0.1, 0.15) is 0 Å². The van der Waals surface area contributed by atoms with Gasteiger partial charge < -0.3 is 10.4 Å². The first-order valence-corrected chi connectivity index (χ1v) is 5.15. The van der Waals surface area contributed by atoms with E-state index in [9.17, 15) is 4.79 Å². The monoisotopic (exact) mass is 215 g/mol. The summed E-state index contributed by atoms with van der Waals surface area (Å²) in [6, 6.07) is 13.7. The summed E-state index contributed by atoms with van der Waals surface area (Å²) in [6.45, 7) is 1.84. The third-order valence-electron chi connectivity index (χ3n) is 2.63. The molecule has 0 unspecified atom stereocenters. The molecule has 0 aliphatic heterocycles. The number of rotatable bonds is 2. The van der Waals surface area contributed by atoms with E-state index in [4.69, 9.17) is 5.11 Å². The predicted molar refractivity (Wildman–Crippen MR) is 63.5 cm³/mol. The Morgan fingerprint density at radius 2 is 1.88 bits per heavy atom. The van der Waals surface area contributed by atoms with Crippen molar-refractivity contribution in [3.8, 4) is 0 Å². The Hall–Kier alpha value is -2.03. The molecule has 0 heterocycles. The van der Waals surface area contributed by atoms with Gasteiger partial charge in [0.2, 0.25) is 0 Å². The summed E-state index contributed by atoms with van der Waals surface area (Å²) in [6.07, 6.45) is -1.000. The van der Waals surface area contributed by atoms with Gasteiger partial charge in [-0.25, -0.2) is 4.79 Å². The van der Waals surface area contributed by atoms with Crippen molar-refractivity contribution in [3.63, 3.8) is 0 Å². The van der Waals surface area contributed by atoms with E-state index >= 15 is 0 Å². The molecule has 0 saturated carbocycles. The summed E-state index contributed by atoms with van der Waals surface area (Å²) in [5.41, 5.74) is 1.00. The van der Waals surface area contributed by atoms with Gasteiger partial charge in [-0.1, -0.05) is 42.5 Å². The van der Waals surface area contributed by atoms with Crippen LogP contribution in [0.4, 0.5) is 4.79 Å². The van der Waals surface area contributed by atoms with Gasteiger partial charge in [0, 0.05) is 0 Å². The van der Waals surface area contributed by atoms with Crippen molar-refractivity contribution in [2.75, 3.05) is 0 Å². The van der Waals surface area contributed by atoms with E-state index in [1.165, 1.54) is 0 Å². The second-order valence-electron chi connectivity index (χ2n) is 3.74. The first-order valence-electron chi connectivity index (χ1n) is 5.15. The summed E-state index contributed by atoms with van der Waals surface area (Å²) in [5.74, 6) is 0. The maximum atomic E-state index is 10.6. The van der Waals surface area contributed by atoms with Crippen molar-refractivity contribution in [3.05, 3.63) is 48.0 Å². The number of fused-ring (bicyclic) bond motifs is 1. The summed E-state index contributed by atoms with van der Waals surface area (Å²) in [7, 11) is 0. The largest absolute Gasteiger partial charge is 0.465 e. The van der Waals surface area contributed by atoms with Crippen LogP contribution in [0.1, 0.15) is 18.5 Å². The summed E-state index contributed by atoms with van der Waals surface area (Å²) < 4.78 is 0. The second kappa shape index (κ2) is 4.23. The van der Waals surface area contributed by atoms with Gasteiger partial charge >= 0.3 is 6.09 Å². The van der Waals surface area contributed by atoms with Gasteiger partial charge in [0.25, 0.3) is 0 Å². The highest BCUT2D eigenvalue weighted by Crippen LogP contribution is 2.23. The molecule has 1 atom stereocenters. The fourth-order valence-electron chi connectivity index (χ4n) is 1.89. The number of nitrogens with one attached hydrogen (secondary N) is 1. The molecule has 2 aromatic rings. The molecule has 3 heteroatoms. The topological polar surface area (TPSA) is 49.3 Å². The number of hydrogen-bond donors (Lipinski definition) is 2. The van der Waals surface area contributed by atoms with Crippen LogP contribution >= 0.6 is 0 Å². The molecule has 0 saturated heterocycles. The van der Waals surface area contributed by atoms with Crippen LogP contribution in [-0.2, 0) is 0 Å². The van der Waals surface area contributed by atoms with E-state index in [2.05, 4.69) is 5.32 Å². The highest BCUT2D eigenvalue weighted by atomic mass is 16.4. The van der Waals surface area contributed by atoms with Gasteiger partial charge in [-0.2, -0.15) is 0 Å². The van der Waals surface area contributed by atoms with Crippen LogP contribution in [-0.4, -0.2) is 11.2 Å². The molecule has 0 fully saturated rings. The fraction of sp³-hybridized carbons (Fsp3) is 0.154.